The van der Waals surface area contributed by atoms with E-state index in [0.29, 0.717) is 24.3 Å². The Labute approximate surface area is 122 Å². The first-order chi connectivity index (χ1) is 9.54. The van der Waals surface area contributed by atoms with Crippen LogP contribution in [0.2, 0.25) is 0 Å². The van der Waals surface area contributed by atoms with Crippen LogP contribution in [0, 0.1) is 5.92 Å². The molecule has 6 nitrogen and oxygen atoms in total. The Morgan fingerprint density at radius 1 is 1.70 bits per heavy atom. The van der Waals surface area contributed by atoms with Crippen LogP contribution in [-0.2, 0) is 9.53 Å². The molecule has 3 N–H and O–H groups in total. The van der Waals surface area contributed by atoms with Crippen LogP contribution in [0.15, 0.2) is 5.38 Å². The molecule has 112 valence electrons. The minimum atomic E-state index is -1.06. The van der Waals surface area contributed by atoms with Crippen LogP contribution >= 0.6 is 11.3 Å². The predicted octanol–water partition coefficient (Wildman–Crippen LogP) is 1.48. The maximum atomic E-state index is 10.9. The molecule has 7 heteroatoms. The maximum absolute atomic E-state index is 10.9. The SMILES string of the molecule is COCCN(c1nc(C(N)C(=O)O)cs1)C(C)C1CC1. The molecule has 2 atom stereocenters. The third-order valence-electron chi connectivity index (χ3n) is 3.67. The number of rotatable bonds is 8. The van der Waals surface area contributed by atoms with Gasteiger partial charge < -0.3 is 20.5 Å². The second-order valence-corrected chi connectivity index (χ2v) is 5.97. The maximum Gasteiger partial charge on any atom is 0.326 e. The Morgan fingerprint density at radius 3 is 2.95 bits per heavy atom. The minimum Gasteiger partial charge on any atom is -0.480 e. The van der Waals surface area contributed by atoms with Crippen molar-refractivity contribution in [2.45, 2.75) is 31.8 Å². The summed E-state index contributed by atoms with van der Waals surface area (Å²) in [7, 11) is 1.67. The van der Waals surface area contributed by atoms with Gasteiger partial charge >= 0.3 is 5.97 Å². The number of carboxylic acids is 1. The highest BCUT2D eigenvalue weighted by Gasteiger charge is 2.33. The fraction of sp³-hybridized carbons (Fsp3) is 0.692. The van der Waals surface area contributed by atoms with E-state index in [1.54, 1.807) is 12.5 Å². The average Bonchev–Trinajstić information content (AvgIpc) is 3.17. The molecule has 1 aliphatic carbocycles. The number of hydrogen-bond donors (Lipinski definition) is 2. The zero-order chi connectivity index (χ0) is 14.7. The first-order valence-corrected chi connectivity index (χ1v) is 7.62. The van der Waals surface area contributed by atoms with E-state index in [1.165, 1.54) is 24.2 Å². The third kappa shape index (κ3) is 3.47. The molecule has 0 aromatic carbocycles. The molecule has 20 heavy (non-hydrogen) atoms. The molecule has 0 amide bonds. The monoisotopic (exact) mass is 299 g/mol. The summed E-state index contributed by atoms with van der Waals surface area (Å²) in [6.45, 7) is 3.56. The highest BCUT2D eigenvalue weighted by Crippen LogP contribution is 2.37. The van der Waals surface area contributed by atoms with Crippen LogP contribution in [-0.4, -0.2) is 42.4 Å². The van der Waals surface area contributed by atoms with Crippen LogP contribution in [0.5, 0.6) is 0 Å². The minimum absolute atomic E-state index is 0.394. The fourth-order valence-corrected chi connectivity index (χ4v) is 3.15. The number of aromatic nitrogens is 1. The molecular formula is C13H21N3O3S. The molecule has 0 aliphatic heterocycles. The van der Waals surface area contributed by atoms with Gasteiger partial charge in [0.1, 0.15) is 6.04 Å². The van der Waals surface area contributed by atoms with E-state index >= 15 is 0 Å². The quantitative estimate of drug-likeness (QED) is 0.756. The second kappa shape index (κ2) is 6.51. The van der Waals surface area contributed by atoms with Crippen molar-refractivity contribution in [2.75, 3.05) is 25.2 Å². The number of aliphatic carboxylic acids is 1. The number of carboxylic acid groups (broad SMARTS) is 1. The van der Waals surface area contributed by atoms with Crippen LogP contribution in [0.4, 0.5) is 5.13 Å². The summed E-state index contributed by atoms with van der Waals surface area (Å²) in [6, 6.07) is -0.661. The van der Waals surface area contributed by atoms with E-state index in [0.717, 1.165) is 11.7 Å². The molecule has 1 heterocycles. The van der Waals surface area contributed by atoms with E-state index in [4.69, 9.17) is 15.6 Å². The number of hydrogen-bond acceptors (Lipinski definition) is 6. The van der Waals surface area contributed by atoms with Gasteiger partial charge in [0.2, 0.25) is 0 Å². The molecule has 2 rings (SSSR count). The summed E-state index contributed by atoms with van der Waals surface area (Å²) in [5.41, 5.74) is 6.02. The van der Waals surface area contributed by atoms with Crippen LogP contribution in [0.3, 0.4) is 0 Å². The molecule has 0 bridgehead atoms. The number of nitrogens with two attached hydrogens (primary N) is 1. The van der Waals surface area contributed by atoms with E-state index in [-0.39, 0.29) is 0 Å². The van der Waals surface area contributed by atoms with E-state index in [1.807, 2.05) is 0 Å². The van der Waals surface area contributed by atoms with Gasteiger partial charge in [-0.15, -0.1) is 11.3 Å². The molecular weight excluding hydrogens is 278 g/mol. The summed E-state index contributed by atoms with van der Waals surface area (Å²) >= 11 is 1.44. The van der Waals surface area contributed by atoms with Crippen LogP contribution < -0.4 is 10.6 Å². The molecule has 1 saturated carbocycles. The number of thiazole rings is 1. The summed E-state index contributed by atoms with van der Waals surface area (Å²) < 4.78 is 5.15. The van der Waals surface area contributed by atoms with Gasteiger partial charge in [-0.3, -0.25) is 4.79 Å². The molecule has 1 aromatic heterocycles. The van der Waals surface area contributed by atoms with Gasteiger partial charge in [-0.2, -0.15) is 0 Å². The first kappa shape index (κ1) is 15.2. The largest absolute Gasteiger partial charge is 0.480 e. The van der Waals surface area contributed by atoms with Crippen molar-refractivity contribution >= 4 is 22.4 Å². The zero-order valence-electron chi connectivity index (χ0n) is 11.8. The van der Waals surface area contributed by atoms with Gasteiger partial charge in [0.15, 0.2) is 5.13 Å². The van der Waals surface area contributed by atoms with Crippen molar-refractivity contribution in [3.63, 3.8) is 0 Å². The lowest BCUT2D eigenvalue weighted by Crippen LogP contribution is -2.37. The van der Waals surface area contributed by atoms with Crippen molar-refractivity contribution < 1.29 is 14.6 Å². The van der Waals surface area contributed by atoms with Gasteiger partial charge in [0.05, 0.1) is 12.3 Å². The number of nitrogens with zero attached hydrogens (tertiary/aromatic N) is 2. The number of carbonyl (C=O) groups is 1. The second-order valence-electron chi connectivity index (χ2n) is 5.14. The van der Waals surface area contributed by atoms with Crippen molar-refractivity contribution in [1.29, 1.82) is 0 Å². The Bertz CT molecular complexity index is 461. The molecule has 1 aliphatic rings. The summed E-state index contributed by atoms with van der Waals surface area (Å²) in [4.78, 5) is 17.5. The van der Waals surface area contributed by atoms with E-state index in [9.17, 15) is 4.79 Å². The predicted molar refractivity (Wildman–Crippen MR) is 78.1 cm³/mol. The third-order valence-corrected chi connectivity index (χ3v) is 4.57. The summed E-state index contributed by atoms with van der Waals surface area (Å²) in [5, 5.41) is 11.5. The standard InChI is InChI=1S/C13H21N3O3S/c1-8(9-3-4-9)16(5-6-19-2)13-15-10(7-20-13)11(14)12(17)18/h7-9,11H,3-6,14H2,1-2H3,(H,17,18). The normalized spacial score (nSPS) is 17.8. The molecule has 2 unspecified atom stereocenters. The lowest BCUT2D eigenvalue weighted by molar-refractivity contribution is -0.138. The molecule has 1 aromatic rings. The van der Waals surface area contributed by atoms with Gasteiger partial charge in [-0.1, -0.05) is 0 Å². The van der Waals surface area contributed by atoms with Crippen molar-refractivity contribution in [1.82, 2.24) is 4.98 Å². The lowest BCUT2D eigenvalue weighted by Gasteiger charge is -2.28. The Hall–Kier alpha value is -1.18. The van der Waals surface area contributed by atoms with Crippen molar-refractivity contribution in [3.05, 3.63) is 11.1 Å². The smallest absolute Gasteiger partial charge is 0.326 e. The van der Waals surface area contributed by atoms with Gasteiger partial charge in [-0.05, 0) is 25.7 Å². The Balaban J connectivity index is 2.13. The van der Waals surface area contributed by atoms with Crippen molar-refractivity contribution in [2.24, 2.45) is 11.7 Å². The van der Waals surface area contributed by atoms with Crippen molar-refractivity contribution in [3.8, 4) is 0 Å². The number of ether oxygens (including phenoxy) is 1. The van der Waals surface area contributed by atoms with Gasteiger partial charge in [0, 0.05) is 25.1 Å². The fourth-order valence-electron chi connectivity index (χ4n) is 2.17. The Kier molecular flexibility index (Phi) is 4.95. The van der Waals surface area contributed by atoms with E-state index < -0.39 is 12.0 Å². The molecule has 1 fully saturated rings. The van der Waals surface area contributed by atoms with Gasteiger partial charge in [-0.25, -0.2) is 4.98 Å². The molecule has 0 spiro atoms. The highest BCUT2D eigenvalue weighted by atomic mass is 32.1. The van der Waals surface area contributed by atoms with E-state index in [2.05, 4.69) is 16.8 Å². The lowest BCUT2D eigenvalue weighted by atomic mass is 10.2. The molecule has 0 saturated heterocycles. The first-order valence-electron chi connectivity index (χ1n) is 6.74. The van der Waals surface area contributed by atoms with Gasteiger partial charge in [0.25, 0.3) is 0 Å². The topological polar surface area (TPSA) is 88.7 Å². The van der Waals surface area contributed by atoms with Crippen LogP contribution in [0.25, 0.3) is 0 Å². The number of anilines is 1. The summed E-state index contributed by atoms with van der Waals surface area (Å²) in [5.74, 6) is -0.354. The summed E-state index contributed by atoms with van der Waals surface area (Å²) in [6.07, 6.45) is 2.50. The van der Waals surface area contributed by atoms with Crippen LogP contribution in [0.1, 0.15) is 31.5 Å². The highest BCUT2D eigenvalue weighted by molar-refractivity contribution is 7.13. The number of methoxy groups -OCH3 is 1. The average molecular weight is 299 g/mol. The zero-order valence-corrected chi connectivity index (χ0v) is 12.6. The molecule has 0 radical (unpaired) electrons. The Morgan fingerprint density at radius 2 is 2.40 bits per heavy atom.